The molecule has 0 aromatic rings. The summed E-state index contributed by atoms with van der Waals surface area (Å²) in [4.78, 5) is 57.0. The summed E-state index contributed by atoms with van der Waals surface area (Å²) < 4.78 is 0. The van der Waals surface area contributed by atoms with Crippen LogP contribution in [-0.4, -0.2) is 35.8 Å². The first-order valence-electron chi connectivity index (χ1n) is 6.07. The van der Waals surface area contributed by atoms with Crippen LogP contribution in [0.1, 0.15) is 38.5 Å². The molecule has 0 saturated carbocycles. The van der Waals surface area contributed by atoms with Crippen molar-refractivity contribution in [3.63, 3.8) is 0 Å². The molecule has 0 saturated heterocycles. The summed E-state index contributed by atoms with van der Waals surface area (Å²) in [5.41, 5.74) is 0. The van der Waals surface area contributed by atoms with Crippen LogP contribution in [0.4, 0.5) is 0 Å². The van der Waals surface area contributed by atoms with Crippen LogP contribution in [0, 0.1) is 79.9 Å². The third kappa shape index (κ3) is 56.6. The summed E-state index contributed by atoms with van der Waals surface area (Å²) in [6.07, 6.45) is -2.82. The molecule has 0 heterocycles. The second-order valence-corrected chi connectivity index (χ2v) is 3.73. The molecule has 148 valence electrons. The summed E-state index contributed by atoms with van der Waals surface area (Å²) in [5.74, 6) is -8.20. The summed E-state index contributed by atoms with van der Waals surface area (Å²) in [6.45, 7) is 0. The van der Waals surface area contributed by atoms with E-state index in [2.05, 4.69) is 0 Å². The quantitative estimate of drug-likeness (QED) is 0.224. The van der Waals surface area contributed by atoms with Crippen molar-refractivity contribution in [1.29, 1.82) is 0 Å². The minimum absolute atomic E-state index is 0. The van der Waals surface area contributed by atoms with Crippen LogP contribution in [0.25, 0.3) is 0 Å². The minimum atomic E-state index is -1.37. The zero-order valence-electron chi connectivity index (χ0n) is 12.8. The van der Waals surface area contributed by atoms with Gasteiger partial charge in [0.05, 0.1) is 0 Å². The molecule has 0 aliphatic heterocycles. The second-order valence-electron chi connectivity index (χ2n) is 3.73. The molecule has 2 radical (unpaired) electrons. The Hall–Kier alpha value is -0.531. The summed E-state index contributed by atoms with van der Waals surface area (Å²) in [7, 11) is 0. The molecule has 26 heavy (non-hydrogen) atoms. The molecular formula is C12H12Gd2O12. The van der Waals surface area contributed by atoms with Crippen LogP contribution in [-0.2, 0) is 28.8 Å². The number of aliphatic carboxylic acids is 6. The van der Waals surface area contributed by atoms with Gasteiger partial charge in [-0.1, -0.05) is 0 Å². The summed E-state index contributed by atoms with van der Waals surface area (Å²) in [5, 5.41) is 57.0. The Labute approximate surface area is 211 Å². The van der Waals surface area contributed by atoms with E-state index in [-0.39, 0.29) is 79.9 Å². The largest absolute Gasteiger partial charge is 3.00 e. The van der Waals surface area contributed by atoms with Crippen molar-refractivity contribution < 1.29 is 139 Å². The number of rotatable bonds is 9. The molecule has 0 aliphatic carbocycles. The van der Waals surface area contributed by atoms with Gasteiger partial charge in [-0.2, -0.15) is 0 Å². The summed E-state index contributed by atoms with van der Waals surface area (Å²) in [6, 6.07) is 0. The Bertz CT molecular complexity index is 355. The van der Waals surface area contributed by atoms with Gasteiger partial charge in [-0.25, -0.2) is 0 Å². The van der Waals surface area contributed by atoms with Crippen LogP contribution in [0.2, 0.25) is 0 Å². The van der Waals surface area contributed by atoms with Crippen molar-refractivity contribution in [1.82, 2.24) is 0 Å². The SMILES string of the molecule is O=C([O-])CCC(=O)[O-].O=C([O-])CCC(=O)[O-].O=C([O-])CCC(=O)[O-].[Gd+3].[Gd+3]. The minimum Gasteiger partial charge on any atom is -0.550 e. The predicted molar refractivity (Wildman–Crippen MR) is 57.7 cm³/mol. The van der Waals surface area contributed by atoms with E-state index in [1.54, 1.807) is 0 Å². The molecule has 0 unspecified atom stereocenters. The Morgan fingerprint density at radius 1 is 0.346 bits per heavy atom. The molecule has 0 fully saturated rings. The molecule has 0 aromatic heterocycles. The van der Waals surface area contributed by atoms with Gasteiger partial charge in [0, 0.05) is 35.8 Å². The zero-order chi connectivity index (χ0) is 19.7. The molecule has 12 nitrogen and oxygen atoms in total. The topological polar surface area (TPSA) is 241 Å². The van der Waals surface area contributed by atoms with Gasteiger partial charge in [-0.05, 0) is 38.5 Å². The molecule has 0 rings (SSSR count). The van der Waals surface area contributed by atoms with Crippen LogP contribution in [0.15, 0.2) is 0 Å². The number of carbonyl (C=O) groups excluding carboxylic acids is 6. The summed E-state index contributed by atoms with van der Waals surface area (Å²) >= 11 is 0. The monoisotopic (exact) mass is 664 g/mol. The number of carboxylic acids is 6. The van der Waals surface area contributed by atoms with Crippen LogP contribution < -0.4 is 30.6 Å². The van der Waals surface area contributed by atoms with E-state index >= 15 is 0 Å². The molecule has 0 atom stereocenters. The standard InChI is InChI=1S/3C4H6O4.2Gd/c3*5-3(6)1-2-4(7)8;;/h3*1-2H2,(H,5,6)(H,7,8);;/q;;;2*+3/p-6. The molecule has 0 N–H and O–H groups in total. The predicted octanol–water partition coefficient (Wildman–Crippen LogP) is -8.20. The van der Waals surface area contributed by atoms with Crippen molar-refractivity contribution in [3.05, 3.63) is 0 Å². The number of hydrogen-bond donors (Lipinski definition) is 0. The van der Waals surface area contributed by atoms with E-state index in [4.69, 9.17) is 0 Å². The van der Waals surface area contributed by atoms with Gasteiger partial charge in [0.2, 0.25) is 0 Å². The van der Waals surface area contributed by atoms with Gasteiger partial charge in [0.25, 0.3) is 0 Å². The average molecular weight is 663 g/mol. The third-order valence-electron chi connectivity index (χ3n) is 1.60. The van der Waals surface area contributed by atoms with Crippen molar-refractivity contribution >= 4 is 35.8 Å². The molecule has 0 amide bonds. The van der Waals surface area contributed by atoms with E-state index in [0.717, 1.165) is 0 Å². The van der Waals surface area contributed by atoms with Crippen molar-refractivity contribution in [3.8, 4) is 0 Å². The molecule has 0 aromatic carbocycles. The fourth-order valence-corrected chi connectivity index (χ4v) is 0.612. The van der Waals surface area contributed by atoms with Crippen molar-refractivity contribution in [2.24, 2.45) is 0 Å². The van der Waals surface area contributed by atoms with Crippen molar-refractivity contribution in [2.45, 2.75) is 38.5 Å². The van der Waals surface area contributed by atoms with Crippen LogP contribution >= 0.6 is 0 Å². The van der Waals surface area contributed by atoms with Gasteiger partial charge >= 0.3 is 79.9 Å². The van der Waals surface area contributed by atoms with Crippen LogP contribution in [0.3, 0.4) is 0 Å². The van der Waals surface area contributed by atoms with E-state index in [0.29, 0.717) is 0 Å². The number of carboxylic acid groups (broad SMARTS) is 6. The molecule has 14 heteroatoms. The zero-order valence-corrected chi connectivity index (χ0v) is 17.4. The molecule has 0 bridgehead atoms. The van der Waals surface area contributed by atoms with Gasteiger partial charge in [-0.15, -0.1) is 0 Å². The molecule has 0 spiro atoms. The molecule has 0 aliphatic rings. The van der Waals surface area contributed by atoms with Gasteiger partial charge in [-0.3, -0.25) is 0 Å². The first-order chi connectivity index (χ1) is 10.9. The number of carbonyl (C=O) groups is 6. The maximum Gasteiger partial charge on any atom is 3.00 e. The van der Waals surface area contributed by atoms with E-state index in [1.807, 2.05) is 0 Å². The van der Waals surface area contributed by atoms with Crippen molar-refractivity contribution in [2.75, 3.05) is 0 Å². The average Bonchev–Trinajstić information content (AvgIpc) is 2.42. The van der Waals surface area contributed by atoms with E-state index < -0.39 is 74.3 Å². The normalized spacial score (nSPS) is 7.85. The first-order valence-corrected chi connectivity index (χ1v) is 6.07. The fourth-order valence-electron chi connectivity index (χ4n) is 0.612. The Morgan fingerprint density at radius 2 is 0.423 bits per heavy atom. The van der Waals surface area contributed by atoms with Gasteiger partial charge in [0.1, 0.15) is 0 Å². The second kappa shape index (κ2) is 24.5. The van der Waals surface area contributed by atoms with Gasteiger partial charge < -0.3 is 59.4 Å². The van der Waals surface area contributed by atoms with E-state index in [9.17, 15) is 59.4 Å². The van der Waals surface area contributed by atoms with Crippen LogP contribution in [0.5, 0.6) is 0 Å². The van der Waals surface area contributed by atoms with Gasteiger partial charge in [0.15, 0.2) is 0 Å². The Morgan fingerprint density at radius 3 is 0.462 bits per heavy atom. The number of hydrogen-bond acceptors (Lipinski definition) is 12. The fraction of sp³-hybridized carbons (Fsp3) is 0.500. The first kappa shape index (κ1) is 36.4. The van der Waals surface area contributed by atoms with E-state index in [1.165, 1.54) is 0 Å². The maximum atomic E-state index is 9.50. The smallest absolute Gasteiger partial charge is 0.550 e. The third-order valence-corrected chi connectivity index (χ3v) is 1.60. The Balaban J connectivity index is -0.0000000817. The Kier molecular flexibility index (Phi) is 34.3. The maximum absolute atomic E-state index is 9.50. The molecular weight excluding hydrogens is 651 g/mol.